The van der Waals surface area contributed by atoms with Crippen LogP contribution in [0, 0.1) is 0 Å². The van der Waals surface area contributed by atoms with E-state index in [9.17, 15) is 9.59 Å². The van der Waals surface area contributed by atoms with E-state index in [0.29, 0.717) is 6.42 Å². The number of allylic oxidation sites excluding steroid dienone is 4. The highest BCUT2D eigenvalue weighted by atomic mass is 16.5. The van der Waals surface area contributed by atoms with E-state index in [-0.39, 0.29) is 18.5 Å². The number of hydrogen-bond acceptors (Lipinski definition) is 3. The number of carboxylic acids is 1. The van der Waals surface area contributed by atoms with Gasteiger partial charge in [-0.05, 0) is 64.2 Å². The number of ether oxygens (including phenoxy) is 1. The third-order valence-electron chi connectivity index (χ3n) is 10.4. The normalized spacial score (nSPS) is 12.4. The molecule has 0 aliphatic heterocycles. The van der Waals surface area contributed by atoms with E-state index in [1.165, 1.54) is 154 Å². The standard InChI is InChI=1S/C47H88O4/c1-3-5-7-9-11-13-15-16-17-18-19-20-21-22-23-24-25-27-29-31-36-40-44-47(50)51-45(42-38-34-32-35-39-43-46(48)49)41-37-33-30-28-26-14-12-10-8-6-4-2/h12,14,28,30,45H,3-11,13,15-27,29,31-44H2,1-2H3,(H,48,49)/b14-12-,30-28-. The highest BCUT2D eigenvalue weighted by Crippen LogP contribution is 2.18. The Balaban J connectivity index is 3.88. The van der Waals surface area contributed by atoms with Gasteiger partial charge in [-0.2, -0.15) is 0 Å². The summed E-state index contributed by atoms with van der Waals surface area (Å²) < 4.78 is 6.00. The minimum absolute atomic E-state index is 0.0154. The van der Waals surface area contributed by atoms with Gasteiger partial charge in [0.1, 0.15) is 6.10 Å². The molecule has 0 amide bonds. The van der Waals surface area contributed by atoms with Crippen molar-refractivity contribution in [3.63, 3.8) is 0 Å². The van der Waals surface area contributed by atoms with E-state index >= 15 is 0 Å². The lowest BCUT2D eigenvalue weighted by molar-refractivity contribution is -0.150. The SMILES string of the molecule is CCCCC/C=C\C/C=C\CCCC(CCCCCCCC(=O)O)OC(=O)CCCCCCCCCCCCCCCCCCCCCCCC. The Hall–Kier alpha value is -1.58. The maximum Gasteiger partial charge on any atom is 0.306 e. The highest BCUT2D eigenvalue weighted by Gasteiger charge is 2.14. The molecule has 4 heteroatoms. The molecule has 1 unspecified atom stereocenters. The van der Waals surface area contributed by atoms with Crippen LogP contribution in [0.15, 0.2) is 24.3 Å². The van der Waals surface area contributed by atoms with Crippen molar-refractivity contribution in [2.75, 3.05) is 0 Å². The monoisotopic (exact) mass is 717 g/mol. The van der Waals surface area contributed by atoms with Crippen LogP contribution in [0.25, 0.3) is 0 Å². The predicted octanol–water partition coefficient (Wildman–Crippen LogP) is 16.0. The van der Waals surface area contributed by atoms with Crippen molar-refractivity contribution in [2.45, 2.75) is 264 Å². The first-order valence-corrected chi connectivity index (χ1v) is 22.8. The van der Waals surface area contributed by atoms with Crippen LogP contribution in [0.5, 0.6) is 0 Å². The van der Waals surface area contributed by atoms with Gasteiger partial charge in [-0.3, -0.25) is 9.59 Å². The molecule has 0 aliphatic rings. The predicted molar refractivity (Wildman–Crippen MR) is 223 cm³/mol. The summed E-state index contributed by atoms with van der Waals surface area (Å²) in [6.45, 7) is 4.54. The Bertz CT molecular complexity index is 772. The van der Waals surface area contributed by atoms with Crippen molar-refractivity contribution < 1.29 is 19.4 Å². The van der Waals surface area contributed by atoms with Gasteiger partial charge in [0.25, 0.3) is 0 Å². The molecule has 0 saturated carbocycles. The average Bonchev–Trinajstić information content (AvgIpc) is 3.12. The van der Waals surface area contributed by atoms with Crippen LogP contribution in [0.1, 0.15) is 258 Å². The van der Waals surface area contributed by atoms with Crippen LogP contribution in [-0.4, -0.2) is 23.1 Å². The summed E-state index contributed by atoms with van der Waals surface area (Å²) in [6.07, 6.45) is 55.1. The summed E-state index contributed by atoms with van der Waals surface area (Å²) in [5, 5.41) is 8.83. The van der Waals surface area contributed by atoms with Crippen LogP contribution in [-0.2, 0) is 14.3 Å². The van der Waals surface area contributed by atoms with Crippen molar-refractivity contribution in [3.8, 4) is 0 Å². The molecule has 51 heavy (non-hydrogen) atoms. The third-order valence-corrected chi connectivity index (χ3v) is 10.4. The molecule has 0 heterocycles. The van der Waals surface area contributed by atoms with Crippen LogP contribution in [0.3, 0.4) is 0 Å². The molecule has 0 spiro atoms. The van der Waals surface area contributed by atoms with Crippen molar-refractivity contribution in [2.24, 2.45) is 0 Å². The van der Waals surface area contributed by atoms with Gasteiger partial charge in [-0.1, -0.05) is 205 Å². The first-order valence-electron chi connectivity index (χ1n) is 22.8. The molecule has 0 aliphatic carbocycles. The minimum atomic E-state index is -0.704. The van der Waals surface area contributed by atoms with E-state index in [1.807, 2.05) is 0 Å². The fourth-order valence-electron chi connectivity index (χ4n) is 7.05. The molecular formula is C47H88O4. The number of rotatable bonds is 42. The summed E-state index contributed by atoms with van der Waals surface area (Å²) in [5.74, 6) is -0.719. The molecular weight excluding hydrogens is 629 g/mol. The van der Waals surface area contributed by atoms with Gasteiger partial charge in [-0.15, -0.1) is 0 Å². The minimum Gasteiger partial charge on any atom is -0.481 e. The van der Waals surface area contributed by atoms with Crippen LogP contribution >= 0.6 is 0 Å². The number of carbonyl (C=O) groups is 2. The Labute approximate surface area is 318 Å². The number of esters is 1. The quantitative estimate of drug-likeness (QED) is 0.0388. The van der Waals surface area contributed by atoms with Gasteiger partial charge in [0.15, 0.2) is 0 Å². The molecule has 0 saturated heterocycles. The zero-order valence-electron chi connectivity index (χ0n) is 34.4. The summed E-state index contributed by atoms with van der Waals surface area (Å²) in [7, 11) is 0. The third kappa shape index (κ3) is 42.7. The van der Waals surface area contributed by atoms with Gasteiger partial charge in [0.2, 0.25) is 0 Å². The fraction of sp³-hybridized carbons (Fsp3) is 0.872. The number of hydrogen-bond donors (Lipinski definition) is 1. The number of carbonyl (C=O) groups excluding carboxylic acids is 1. The average molecular weight is 717 g/mol. The first-order chi connectivity index (χ1) is 25.1. The van der Waals surface area contributed by atoms with Crippen molar-refractivity contribution in [1.29, 1.82) is 0 Å². The zero-order valence-corrected chi connectivity index (χ0v) is 34.4. The Kier molecular flexibility index (Phi) is 41.5. The number of unbranched alkanes of at least 4 members (excludes halogenated alkanes) is 29. The van der Waals surface area contributed by atoms with Crippen molar-refractivity contribution >= 4 is 11.9 Å². The molecule has 0 radical (unpaired) electrons. The molecule has 0 rings (SSSR count). The second kappa shape index (κ2) is 42.8. The summed E-state index contributed by atoms with van der Waals surface area (Å²) in [6, 6.07) is 0. The number of carboxylic acid groups (broad SMARTS) is 1. The maximum absolute atomic E-state index is 12.7. The highest BCUT2D eigenvalue weighted by molar-refractivity contribution is 5.69. The fourth-order valence-corrected chi connectivity index (χ4v) is 7.05. The Morgan fingerprint density at radius 1 is 0.431 bits per heavy atom. The molecule has 0 aromatic rings. The molecule has 1 N–H and O–H groups in total. The van der Waals surface area contributed by atoms with E-state index < -0.39 is 5.97 Å². The van der Waals surface area contributed by atoms with Gasteiger partial charge in [-0.25, -0.2) is 0 Å². The van der Waals surface area contributed by atoms with Crippen LogP contribution < -0.4 is 0 Å². The Morgan fingerprint density at radius 2 is 0.784 bits per heavy atom. The Morgan fingerprint density at radius 3 is 1.24 bits per heavy atom. The number of aliphatic carboxylic acids is 1. The van der Waals surface area contributed by atoms with E-state index in [1.54, 1.807) is 0 Å². The topological polar surface area (TPSA) is 63.6 Å². The van der Waals surface area contributed by atoms with Crippen molar-refractivity contribution in [3.05, 3.63) is 24.3 Å². The molecule has 4 nitrogen and oxygen atoms in total. The van der Waals surface area contributed by atoms with Gasteiger partial charge in [0.05, 0.1) is 0 Å². The molecule has 300 valence electrons. The maximum atomic E-state index is 12.7. The zero-order chi connectivity index (χ0) is 37.1. The van der Waals surface area contributed by atoms with Crippen LogP contribution in [0.2, 0.25) is 0 Å². The van der Waals surface area contributed by atoms with E-state index in [0.717, 1.165) is 77.0 Å². The molecule has 0 bridgehead atoms. The molecule has 1 atom stereocenters. The van der Waals surface area contributed by atoms with Crippen LogP contribution in [0.4, 0.5) is 0 Å². The van der Waals surface area contributed by atoms with E-state index in [4.69, 9.17) is 9.84 Å². The lowest BCUT2D eigenvalue weighted by atomic mass is 10.0. The lowest BCUT2D eigenvalue weighted by Crippen LogP contribution is -2.18. The van der Waals surface area contributed by atoms with Gasteiger partial charge in [0, 0.05) is 12.8 Å². The van der Waals surface area contributed by atoms with Gasteiger partial charge >= 0.3 is 11.9 Å². The van der Waals surface area contributed by atoms with Gasteiger partial charge < -0.3 is 9.84 Å². The largest absolute Gasteiger partial charge is 0.481 e. The molecule has 0 aromatic heterocycles. The molecule has 0 aromatic carbocycles. The first kappa shape index (κ1) is 49.4. The van der Waals surface area contributed by atoms with Crippen molar-refractivity contribution in [1.82, 2.24) is 0 Å². The second-order valence-corrected chi connectivity index (χ2v) is 15.6. The summed E-state index contributed by atoms with van der Waals surface area (Å²) >= 11 is 0. The van der Waals surface area contributed by atoms with E-state index in [2.05, 4.69) is 38.2 Å². The summed E-state index contributed by atoms with van der Waals surface area (Å²) in [5.41, 5.74) is 0. The summed E-state index contributed by atoms with van der Waals surface area (Å²) in [4.78, 5) is 23.4. The lowest BCUT2D eigenvalue weighted by Gasteiger charge is -2.18. The molecule has 0 fully saturated rings. The second-order valence-electron chi connectivity index (χ2n) is 15.6. The smallest absolute Gasteiger partial charge is 0.306 e.